The van der Waals surface area contributed by atoms with Gasteiger partial charge in [0.25, 0.3) is 0 Å². The number of aryl methyl sites for hydroxylation is 1. The molecule has 1 aromatic heterocycles. The molecular weight excluding hydrogens is 1140 g/mol. The molecule has 1 aliphatic rings. The molecule has 1 heterocycles. The van der Waals surface area contributed by atoms with Crippen molar-refractivity contribution in [2.24, 2.45) is 7.05 Å². The number of fused-ring (bicyclic) bond motifs is 6. The molecule has 0 fully saturated rings. The van der Waals surface area contributed by atoms with Crippen LogP contribution in [0, 0.1) is 24.7 Å². The number of hydrogen-bond acceptors (Lipinski definition) is 0. The summed E-state index contributed by atoms with van der Waals surface area (Å²) in [5.41, 5.74) is 9.40. The standard InChI is InChI=1S/C26H28P2.C15H10N.C15H9.2Au/c1-3-14-23(4-2)27(24-15-8-5-9-16-24)21-22-28(25-17-10-6-11-18-25)26-19-12-7-13-20-26;1-3-11-8-9-13-12-6-4-5-7-14(12)16(2)15(13)10-11;1-2-11-7-8-15-13(9-11)10-12-5-3-4-6-14(12)15;;/h3-20H,21-22H2,1-2H3;4-10H,2H3;3-9H,10H2;;/q;2*-1;2*+1/p+2/b14-3-,23-4+;;;;. The molecule has 9 rings (SSSR count). The maximum Gasteiger partial charge on any atom is 1.00 e. The zero-order valence-corrected chi connectivity index (χ0v) is 41.0. The fourth-order valence-corrected chi connectivity index (χ4v) is 14.4. The third kappa shape index (κ3) is 11.4. The Balaban J connectivity index is 0.000000182. The number of aromatic nitrogens is 1. The van der Waals surface area contributed by atoms with Crippen LogP contribution < -0.4 is 15.9 Å². The van der Waals surface area contributed by atoms with E-state index in [2.05, 4.69) is 207 Å². The number of para-hydroxylation sites is 1. The topological polar surface area (TPSA) is 4.93 Å². The molecule has 5 heteroatoms. The first-order valence-corrected chi connectivity index (χ1v) is 23.7. The molecule has 0 aliphatic heterocycles. The van der Waals surface area contributed by atoms with Crippen molar-refractivity contribution >= 4 is 53.6 Å². The average Bonchev–Trinajstić information content (AvgIpc) is 3.82. The van der Waals surface area contributed by atoms with E-state index >= 15 is 0 Å². The van der Waals surface area contributed by atoms with Gasteiger partial charge in [0.1, 0.15) is 12.3 Å². The maximum absolute atomic E-state index is 7.16. The minimum absolute atomic E-state index is 0. The van der Waals surface area contributed by atoms with Crippen LogP contribution in [0.25, 0.3) is 32.9 Å². The molecule has 7 aromatic carbocycles. The van der Waals surface area contributed by atoms with Gasteiger partial charge in [-0.2, -0.15) is 0 Å². The maximum atomic E-state index is 7.16. The summed E-state index contributed by atoms with van der Waals surface area (Å²) in [7, 11) is 0.487. The summed E-state index contributed by atoms with van der Waals surface area (Å²) in [6.45, 7) is 4.31. The van der Waals surface area contributed by atoms with Crippen molar-refractivity contribution in [1.29, 1.82) is 0 Å². The second kappa shape index (κ2) is 23.5. The number of allylic oxidation sites excluding steroid dienone is 4. The summed E-state index contributed by atoms with van der Waals surface area (Å²) in [4.78, 5) is 0. The van der Waals surface area contributed by atoms with Gasteiger partial charge in [0.15, 0.2) is 0 Å². The molecule has 1 unspecified atom stereocenters. The van der Waals surface area contributed by atoms with Gasteiger partial charge in [0.05, 0.1) is 37.1 Å². The van der Waals surface area contributed by atoms with Crippen LogP contribution in [0.15, 0.2) is 199 Å². The Morgan fingerprint density at radius 3 is 1.70 bits per heavy atom. The van der Waals surface area contributed by atoms with E-state index in [0.717, 1.165) is 23.1 Å². The summed E-state index contributed by atoms with van der Waals surface area (Å²) in [5, 5.41) is 8.55. The molecule has 1 nitrogen and oxygen atoms in total. The van der Waals surface area contributed by atoms with Gasteiger partial charge in [-0.25, -0.2) is 0 Å². The molecule has 0 saturated carbocycles. The molecule has 308 valence electrons. The summed E-state index contributed by atoms with van der Waals surface area (Å²) in [6, 6.07) is 62.3. The summed E-state index contributed by atoms with van der Waals surface area (Å²) < 4.78 is 2.16. The Bertz CT molecular complexity index is 2770. The van der Waals surface area contributed by atoms with Gasteiger partial charge >= 0.3 is 44.8 Å². The van der Waals surface area contributed by atoms with Gasteiger partial charge in [-0.15, -0.1) is 35.4 Å². The van der Waals surface area contributed by atoms with Gasteiger partial charge in [0.2, 0.25) is 0 Å². The normalized spacial score (nSPS) is 11.7. The Kier molecular flexibility index (Phi) is 18.2. The van der Waals surface area contributed by atoms with Gasteiger partial charge in [-0.3, -0.25) is 11.8 Å². The molecule has 0 bridgehead atoms. The molecular formula is C56H49Au2NP2+2. The van der Waals surface area contributed by atoms with E-state index in [4.69, 9.17) is 12.8 Å². The van der Waals surface area contributed by atoms with Crippen molar-refractivity contribution in [2.75, 3.05) is 12.3 Å². The van der Waals surface area contributed by atoms with Crippen LogP contribution in [0.3, 0.4) is 0 Å². The number of rotatable bonds is 8. The molecule has 0 amide bonds. The third-order valence-electron chi connectivity index (χ3n) is 11.0. The Morgan fingerprint density at radius 1 is 0.557 bits per heavy atom. The van der Waals surface area contributed by atoms with E-state index in [1.54, 1.807) is 0 Å². The van der Waals surface area contributed by atoms with E-state index in [1.165, 1.54) is 72.1 Å². The summed E-state index contributed by atoms with van der Waals surface area (Å²) in [6.07, 6.45) is 24.6. The van der Waals surface area contributed by atoms with Crippen molar-refractivity contribution < 1.29 is 44.8 Å². The van der Waals surface area contributed by atoms with Crippen molar-refractivity contribution in [1.82, 2.24) is 4.57 Å². The van der Waals surface area contributed by atoms with E-state index < -0.39 is 15.8 Å². The molecule has 0 radical (unpaired) electrons. The monoisotopic (exact) mass is 1190 g/mol. The number of hydrogen-bond donors (Lipinski definition) is 0. The van der Waals surface area contributed by atoms with Crippen LogP contribution in [-0.2, 0) is 58.2 Å². The van der Waals surface area contributed by atoms with Crippen molar-refractivity contribution in [2.45, 2.75) is 20.3 Å². The minimum atomic E-state index is -0.783. The first-order chi connectivity index (χ1) is 29.0. The Labute approximate surface area is 396 Å². The fraction of sp³-hybridized carbons (Fsp3) is 0.107. The molecule has 0 saturated heterocycles. The summed E-state index contributed by atoms with van der Waals surface area (Å²) >= 11 is 0. The van der Waals surface area contributed by atoms with Gasteiger partial charge in [-0.1, -0.05) is 121 Å². The van der Waals surface area contributed by atoms with Crippen LogP contribution in [-0.4, -0.2) is 16.9 Å². The molecule has 0 spiro atoms. The second-order valence-corrected chi connectivity index (χ2v) is 19.8. The first-order valence-electron chi connectivity index (χ1n) is 20.2. The molecule has 61 heavy (non-hydrogen) atoms. The Morgan fingerprint density at radius 2 is 1.08 bits per heavy atom. The molecule has 8 aromatic rings. The SMILES string of the molecule is C/C=C\C(=C/C)[PH+](CC[PH+](c1ccccc1)c1ccccc1)c1ccccc1.[Au+].[Au+].[C-]#Cc1ccc2c(c1)Cc1ccccc1-2.[C-]#Cc1ccc2c3ccccc3n(C)c2c1. The van der Waals surface area contributed by atoms with Crippen LogP contribution in [0.2, 0.25) is 0 Å². The minimum Gasteiger partial charge on any atom is -0.366 e. The van der Waals surface area contributed by atoms with Crippen LogP contribution in [0.5, 0.6) is 0 Å². The zero-order valence-electron chi connectivity index (χ0n) is 34.6. The zero-order chi connectivity index (χ0) is 41.0. The largest absolute Gasteiger partial charge is 1.00 e. The number of benzene rings is 7. The van der Waals surface area contributed by atoms with E-state index in [1.807, 2.05) is 24.3 Å². The third-order valence-corrected chi connectivity index (χ3v) is 17.2. The smallest absolute Gasteiger partial charge is 0.366 e. The fourth-order valence-electron chi connectivity index (χ4n) is 8.09. The van der Waals surface area contributed by atoms with Crippen LogP contribution in [0.1, 0.15) is 36.1 Å². The van der Waals surface area contributed by atoms with Gasteiger partial charge < -0.3 is 17.4 Å². The van der Waals surface area contributed by atoms with E-state index in [0.29, 0.717) is 0 Å². The van der Waals surface area contributed by atoms with Crippen molar-refractivity contribution in [3.05, 3.63) is 235 Å². The van der Waals surface area contributed by atoms with Crippen molar-refractivity contribution in [3.8, 4) is 23.0 Å². The van der Waals surface area contributed by atoms with Crippen LogP contribution >= 0.6 is 15.8 Å². The van der Waals surface area contributed by atoms with Gasteiger partial charge in [-0.05, 0) is 91.6 Å². The second-order valence-electron chi connectivity index (χ2n) is 14.6. The molecule has 1 atom stereocenters. The number of nitrogens with zero attached hydrogens (tertiary/aromatic N) is 1. The average molecular weight is 1190 g/mol. The molecule has 0 N–H and O–H groups in total. The van der Waals surface area contributed by atoms with Gasteiger partial charge in [0, 0.05) is 28.9 Å². The Hall–Kier alpha value is -4.72. The predicted molar refractivity (Wildman–Crippen MR) is 261 cm³/mol. The van der Waals surface area contributed by atoms with Crippen LogP contribution in [0.4, 0.5) is 0 Å². The van der Waals surface area contributed by atoms with E-state index in [-0.39, 0.29) is 44.8 Å². The molecule has 1 aliphatic carbocycles. The predicted octanol–water partition coefficient (Wildman–Crippen LogP) is 12.3. The quantitative estimate of drug-likeness (QED) is 0.0470. The van der Waals surface area contributed by atoms with Crippen molar-refractivity contribution in [3.63, 3.8) is 0 Å². The van der Waals surface area contributed by atoms with E-state index in [9.17, 15) is 0 Å². The summed E-state index contributed by atoms with van der Waals surface area (Å²) in [5.74, 6) is 4.86. The first kappa shape index (κ1) is 47.3.